The Hall–Kier alpha value is -2.72. The van der Waals surface area contributed by atoms with Gasteiger partial charge in [-0.25, -0.2) is 0 Å². The molecule has 0 aliphatic carbocycles. The maximum absolute atomic E-state index is 13.1. The summed E-state index contributed by atoms with van der Waals surface area (Å²) in [7, 11) is 2.09. The fourth-order valence-corrected chi connectivity index (χ4v) is 7.06. The van der Waals surface area contributed by atoms with E-state index in [0.717, 1.165) is 56.9 Å². The molecule has 1 aromatic heterocycles. The maximum atomic E-state index is 13.1. The molecule has 1 amide bonds. The number of hydrogen-bond acceptors (Lipinski definition) is 8. The number of likely N-dealkylation sites (N-methyl/N-ethyl adjacent to an activating group) is 1. The second-order valence-electron chi connectivity index (χ2n) is 9.19. The first-order valence-corrected chi connectivity index (χ1v) is 13.8. The van der Waals surface area contributed by atoms with Gasteiger partial charge in [0.1, 0.15) is 5.76 Å². The van der Waals surface area contributed by atoms with Gasteiger partial charge in [-0.3, -0.25) is 9.59 Å². The summed E-state index contributed by atoms with van der Waals surface area (Å²) in [4.78, 5) is 36.3. The molecule has 6 rings (SSSR count). The molecule has 0 saturated carbocycles. The van der Waals surface area contributed by atoms with Crippen molar-refractivity contribution in [2.45, 2.75) is 19.6 Å². The molecule has 0 spiro atoms. The standard InChI is InChI=1S/C27H27N3O4S2/c1-28-7-9-30(10-8-28)27(32)18-5-6-22-24(15-18)35-23-4-2-3-20(26(23)36-22)21-16-19(31)17-25(34-21)29-11-13-33-14-12-29/h2-6,15-17H,7-14H2,1H3. The fourth-order valence-electron chi connectivity index (χ4n) is 4.66. The number of benzene rings is 2. The predicted octanol–water partition coefficient (Wildman–Crippen LogP) is 4.15. The van der Waals surface area contributed by atoms with E-state index in [1.165, 1.54) is 0 Å². The minimum Gasteiger partial charge on any atom is -0.440 e. The van der Waals surface area contributed by atoms with Gasteiger partial charge in [0.25, 0.3) is 5.91 Å². The fraction of sp³-hybridized carbons (Fsp3) is 0.333. The van der Waals surface area contributed by atoms with Gasteiger partial charge < -0.3 is 23.9 Å². The Balaban J connectivity index is 1.29. The number of carbonyl (C=O) groups is 1. The van der Waals surface area contributed by atoms with Crippen molar-refractivity contribution in [3.8, 4) is 11.3 Å². The van der Waals surface area contributed by atoms with Crippen LogP contribution in [0.25, 0.3) is 11.3 Å². The van der Waals surface area contributed by atoms with Crippen LogP contribution in [0.5, 0.6) is 0 Å². The van der Waals surface area contributed by atoms with Crippen LogP contribution >= 0.6 is 23.5 Å². The zero-order valence-corrected chi connectivity index (χ0v) is 21.7. The maximum Gasteiger partial charge on any atom is 0.253 e. The summed E-state index contributed by atoms with van der Waals surface area (Å²) in [6.07, 6.45) is 0. The van der Waals surface area contributed by atoms with Crippen LogP contribution in [-0.4, -0.2) is 75.2 Å². The summed E-state index contributed by atoms with van der Waals surface area (Å²) >= 11 is 3.32. The van der Waals surface area contributed by atoms with E-state index in [4.69, 9.17) is 9.15 Å². The predicted molar refractivity (Wildman–Crippen MR) is 142 cm³/mol. The molecule has 2 aromatic carbocycles. The smallest absolute Gasteiger partial charge is 0.253 e. The Kier molecular flexibility index (Phi) is 6.55. The number of hydrogen-bond donors (Lipinski definition) is 0. The summed E-state index contributed by atoms with van der Waals surface area (Å²) in [6, 6.07) is 15.2. The second kappa shape index (κ2) is 9.97. The van der Waals surface area contributed by atoms with E-state index in [1.807, 2.05) is 35.2 Å². The monoisotopic (exact) mass is 521 g/mol. The summed E-state index contributed by atoms with van der Waals surface area (Å²) in [5.74, 6) is 1.25. The number of piperazine rings is 1. The average molecular weight is 522 g/mol. The van der Waals surface area contributed by atoms with Gasteiger partial charge in [0.2, 0.25) is 0 Å². The molecule has 3 aromatic rings. The third kappa shape index (κ3) is 4.68. The SMILES string of the molecule is CN1CCN(C(=O)c2ccc3c(c2)Sc2cccc(-c4cc(=O)cc(N5CCOCC5)o4)c2S3)CC1. The van der Waals surface area contributed by atoms with Crippen molar-refractivity contribution in [3.63, 3.8) is 0 Å². The van der Waals surface area contributed by atoms with Crippen LogP contribution in [0.4, 0.5) is 5.88 Å². The number of carbonyl (C=O) groups excluding carboxylic acids is 1. The third-order valence-electron chi connectivity index (χ3n) is 6.73. The molecule has 7 nitrogen and oxygen atoms in total. The highest BCUT2D eigenvalue weighted by atomic mass is 32.2. The molecule has 2 saturated heterocycles. The van der Waals surface area contributed by atoms with Crippen LogP contribution in [0, 0.1) is 0 Å². The zero-order valence-electron chi connectivity index (χ0n) is 20.1. The number of nitrogens with zero attached hydrogens (tertiary/aromatic N) is 3. The molecule has 0 bridgehead atoms. The largest absolute Gasteiger partial charge is 0.440 e. The zero-order chi connectivity index (χ0) is 24.6. The Morgan fingerprint density at radius 2 is 1.67 bits per heavy atom. The Morgan fingerprint density at radius 3 is 2.47 bits per heavy atom. The first-order valence-electron chi connectivity index (χ1n) is 12.1. The number of rotatable bonds is 3. The summed E-state index contributed by atoms with van der Waals surface area (Å²) < 4.78 is 11.7. The third-order valence-corrected chi connectivity index (χ3v) is 9.33. The minimum absolute atomic E-state index is 0.0729. The van der Waals surface area contributed by atoms with Gasteiger partial charge in [-0.1, -0.05) is 35.7 Å². The highest BCUT2D eigenvalue weighted by Crippen LogP contribution is 2.52. The lowest BCUT2D eigenvalue weighted by Crippen LogP contribution is -2.47. The molecule has 2 fully saturated rings. The van der Waals surface area contributed by atoms with Crippen LogP contribution in [0.1, 0.15) is 10.4 Å². The first kappa shape index (κ1) is 23.7. The van der Waals surface area contributed by atoms with E-state index in [-0.39, 0.29) is 11.3 Å². The molecule has 3 aliphatic heterocycles. The summed E-state index contributed by atoms with van der Waals surface area (Å²) in [6.45, 7) is 5.97. The van der Waals surface area contributed by atoms with Gasteiger partial charge in [0, 0.05) is 82.1 Å². The molecular weight excluding hydrogens is 494 g/mol. The normalized spacial score (nSPS) is 18.0. The highest BCUT2D eigenvalue weighted by molar-refractivity contribution is 8.05. The van der Waals surface area contributed by atoms with Gasteiger partial charge in [-0.2, -0.15) is 0 Å². The molecule has 0 atom stereocenters. The lowest BCUT2D eigenvalue weighted by Gasteiger charge is -2.32. The number of morpholine rings is 1. The Bertz CT molecular complexity index is 1360. The number of anilines is 1. The first-order chi connectivity index (χ1) is 17.5. The van der Waals surface area contributed by atoms with Crippen LogP contribution in [0.2, 0.25) is 0 Å². The molecule has 0 radical (unpaired) electrons. The lowest BCUT2D eigenvalue weighted by atomic mass is 10.1. The molecule has 9 heteroatoms. The van der Waals surface area contributed by atoms with E-state index < -0.39 is 0 Å². The highest BCUT2D eigenvalue weighted by Gasteiger charge is 2.25. The van der Waals surface area contributed by atoms with Gasteiger partial charge in [-0.15, -0.1) is 0 Å². The van der Waals surface area contributed by atoms with Crippen molar-refractivity contribution in [2.24, 2.45) is 0 Å². The van der Waals surface area contributed by atoms with E-state index in [2.05, 4.69) is 22.9 Å². The van der Waals surface area contributed by atoms with Crippen LogP contribution in [0.3, 0.4) is 0 Å². The van der Waals surface area contributed by atoms with Crippen LogP contribution in [0.15, 0.2) is 77.3 Å². The van der Waals surface area contributed by atoms with Crippen molar-refractivity contribution >= 4 is 35.3 Å². The molecule has 0 N–H and O–H groups in total. The topological polar surface area (TPSA) is 66.2 Å². The minimum atomic E-state index is -0.0729. The van der Waals surface area contributed by atoms with Gasteiger partial charge >= 0.3 is 0 Å². The second-order valence-corrected chi connectivity index (χ2v) is 11.3. The quantitative estimate of drug-likeness (QED) is 0.399. The molecule has 4 heterocycles. The van der Waals surface area contributed by atoms with Gasteiger partial charge in [-0.05, 0) is 31.3 Å². The molecule has 3 aliphatic rings. The molecular formula is C27H27N3O4S2. The number of fused-ring (bicyclic) bond motifs is 2. The van der Waals surface area contributed by atoms with Gasteiger partial charge in [0.05, 0.1) is 13.2 Å². The van der Waals surface area contributed by atoms with Crippen LogP contribution < -0.4 is 10.3 Å². The molecule has 186 valence electrons. The van der Waals surface area contributed by atoms with E-state index in [0.29, 0.717) is 37.9 Å². The van der Waals surface area contributed by atoms with Crippen molar-refractivity contribution < 1.29 is 13.9 Å². The lowest BCUT2D eigenvalue weighted by molar-refractivity contribution is 0.0663. The van der Waals surface area contributed by atoms with E-state index in [1.54, 1.807) is 35.7 Å². The molecule has 0 unspecified atom stereocenters. The number of amides is 1. The van der Waals surface area contributed by atoms with Crippen molar-refractivity contribution in [1.82, 2.24) is 9.80 Å². The van der Waals surface area contributed by atoms with Crippen molar-refractivity contribution in [2.75, 3.05) is 64.4 Å². The summed E-state index contributed by atoms with van der Waals surface area (Å²) in [5.41, 5.74) is 1.56. The van der Waals surface area contributed by atoms with Crippen molar-refractivity contribution in [1.29, 1.82) is 0 Å². The van der Waals surface area contributed by atoms with Crippen LogP contribution in [-0.2, 0) is 4.74 Å². The van der Waals surface area contributed by atoms with Gasteiger partial charge in [0.15, 0.2) is 11.3 Å². The van der Waals surface area contributed by atoms with Crippen molar-refractivity contribution in [3.05, 3.63) is 64.3 Å². The number of ether oxygens (including phenoxy) is 1. The Morgan fingerprint density at radius 1 is 0.861 bits per heavy atom. The van der Waals surface area contributed by atoms with E-state index in [9.17, 15) is 9.59 Å². The molecule has 36 heavy (non-hydrogen) atoms. The Labute approximate surface area is 218 Å². The average Bonchev–Trinajstić information content (AvgIpc) is 2.91. The summed E-state index contributed by atoms with van der Waals surface area (Å²) in [5, 5.41) is 0. The van der Waals surface area contributed by atoms with E-state index >= 15 is 0 Å².